The fourth-order valence-corrected chi connectivity index (χ4v) is 4.76. The highest BCUT2D eigenvalue weighted by molar-refractivity contribution is 6.08. The van der Waals surface area contributed by atoms with E-state index in [1.807, 2.05) is 69.4 Å². The molecule has 1 atom stereocenters. The van der Waals surface area contributed by atoms with Crippen molar-refractivity contribution in [3.8, 4) is 16.9 Å². The summed E-state index contributed by atoms with van der Waals surface area (Å²) >= 11 is 0. The maximum Gasteiger partial charge on any atom is 0.337 e. The Balaban J connectivity index is 1.91. The topological polar surface area (TPSA) is 68.7 Å². The number of hydrogen-bond donors (Lipinski definition) is 1. The van der Waals surface area contributed by atoms with E-state index in [0.717, 1.165) is 50.5 Å². The standard InChI is InChI=1S/C27H25NO4/c1-15(2)32-26(27(29)30)22-16(3)14-18-6-4-5-7-19(18)24(22)20-8-9-21-23-17(11-13-31-21)10-12-28-25(20)23/h4-10,12,14-15,26H,11,13H2,1-3H3,(H,29,30). The second-order valence-electron chi connectivity index (χ2n) is 8.51. The smallest absolute Gasteiger partial charge is 0.337 e. The summed E-state index contributed by atoms with van der Waals surface area (Å²) in [5.41, 5.74) is 5.32. The third-order valence-corrected chi connectivity index (χ3v) is 6.03. The van der Waals surface area contributed by atoms with Crippen LogP contribution < -0.4 is 4.74 Å². The van der Waals surface area contributed by atoms with Gasteiger partial charge in [-0.1, -0.05) is 30.3 Å². The third kappa shape index (κ3) is 3.30. The number of fused-ring (bicyclic) bond motifs is 1. The number of rotatable bonds is 5. The fraction of sp³-hybridized carbons (Fsp3) is 0.259. The Morgan fingerprint density at radius 1 is 1.16 bits per heavy atom. The monoisotopic (exact) mass is 427 g/mol. The first-order valence-corrected chi connectivity index (χ1v) is 10.9. The van der Waals surface area contributed by atoms with Crippen LogP contribution in [0, 0.1) is 6.92 Å². The first-order chi connectivity index (χ1) is 15.5. The van der Waals surface area contributed by atoms with Gasteiger partial charge in [0.1, 0.15) is 5.75 Å². The number of carboxylic acid groups (broad SMARTS) is 1. The molecule has 0 saturated heterocycles. The van der Waals surface area contributed by atoms with E-state index in [9.17, 15) is 9.90 Å². The molecule has 0 fully saturated rings. The minimum absolute atomic E-state index is 0.238. The number of benzene rings is 3. The highest BCUT2D eigenvalue weighted by Gasteiger charge is 2.30. The first-order valence-electron chi connectivity index (χ1n) is 10.9. The molecule has 1 aromatic heterocycles. The predicted molar refractivity (Wildman–Crippen MR) is 125 cm³/mol. The van der Waals surface area contributed by atoms with Gasteiger partial charge in [0, 0.05) is 29.1 Å². The summed E-state index contributed by atoms with van der Waals surface area (Å²) < 4.78 is 11.8. The zero-order valence-corrected chi connectivity index (χ0v) is 18.4. The fourth-order valence-electron chi connectivity index (χ4n) is 4.76. The Kier molecular flexibility index (Phi) is 5.06. The van der Waals surface area contributed by atoms with Crippen LogP contribution in [0.2, 0.25) is 0 Å². The van der Waals surface area contributed by atoms with E-state index in [1.54, 1.807) is 0 Å². The molecule has 2 heterocycles. The molecule has 0 bridgehead atoms. The van der Waals surface area contributed by atoms with Crippen LogP contribution in [0.25, 0.3) is 32.8 Å². The molecule has 1 unspecified atom stereocenters. The number of ether oxygens (including phenoxy) is 2. The molecular formula is C27H25NO4. The van der Waals surface area contributed by atoms with Crippen molar-refractivity contribution >= 4 is 27.6 Å². The Labute approximate surface area is 186 Å². The van der Waals surface area contributed by atoms with Gasteiger partial charge in [0.2, 0.25) is 0 Å². The van der Waals surface area contributed by atoms with Gasteiger partial charge in [-0.15, -0.1) is 0 Å². The van der Waals surface area contributed by atoms with E-state index in [-0.39, 0.29) is 6.10 Å². The summed E-state index contributed by atoms with van der Waals surface area (Å²) in [5, 5.41) is 13.2. The molecule has 4 aromatic rings. The average molecular weight is 428 g/mol. The molecule has 0 radical (unpaired) electrons. The van der Waals surface area contributed by atoms with Crippen molar-refractivity contribution in [2.75, 3.05) is 6.61 Å². The van der Waals surface area contributed by atoms with Crippen LogP contribution in [0.15, 0.2) is 54.7 Å². The lowest BCUT2D eigenvalue weighted by Crippen LogP contribution is -2.21. The van der Waals surface area contributed by atoms with Crippen LogP contribution in [-0.2, 0) is 16.0 Å². The van der Waals surface area contributed by atoms with Gasteiger partial charge >= 0.3 is 5.97 Å². The van der Waals surface area contributed by atoms with Crippen LogP contribution in [0.1, 0.15) is 36.6 Å². The molecule has 1 N–H and O–H groups in total. The molecule has 32 heavy (non-hydrogen) atoms. The summed E-state index contributed by atoms with van der Waals surface area (Å²) in [6.07, 6.45) is 1.33. The zero-order valence-electron chi connectivity index (χ0n) is 18.4. The van der Waals surface area contributed by atoms with E-state index in [4.69, 9.17) is 14.5 Å². The van der Waals surface area contributed by atoms with Gasteiger partial charge in [-0.25, -0.2) is 4.79 Å². The number of aromatic nitrogens is 1. The maximum absolute atomic E-state index is 12.4. The molecule has 0 spiro atoms. The Morgan fingerprint density at radius 3 is 2.75 bits per heavy atom. The number of carbonyl (C=O) groups is 1. The minimum atomic E-state index is -1.09. The van der Waals surface area contributed by atoms with Crippen molar-refractivity contribution in [1.82, 2.24) is 4.98 Å². The largest absolute Gasteiger partial charge is 0.493 e. The highest BCUT2D eigenvalue weighted by atomic mass is 16.5. The van der Waals surface area contributed by atoms with Crippen molar-refractivity contribution in [2.24, 2.45) is 0 Å². The number of nitrogens with zero attached hydrogens (tertiary/aromatic N) is 1. The van der Waals surface area contributed by atoms with E-state index >= 15 is 0 Å². The quantitative estimate of drug-likeness (QED) is 0.433. The van der Waals surface area contributed by atoms with Crippen LogP contribution >= 0.6 is 0 Å². The van der Waals surface area contributed by atoms with Crippen LogP contribution in [0.5, 0.6) is 5.75 Å². The SMILES string of the molecule is Cc1cc2ccccc2c(-c2ccc3c4c(ccnc24)CCO3)c1C(OC(C)C)C(=O)O. The zero-order chi connectivity index (χ0) is 22.4. The molecule has 0 saturated carbocycles. The predicted octanol–water partition coefficient (Wildman–Crippen LogP) is 5.85. The van der Waals surface area contributed by atoms with Gasteiger partial charge in [0.25, 0.3) is 0 Å². The van der Waals surface area contributed by atoms with E-state index in [0.29, 0.717) is 12.2 Å². The van der Waals surface area contributed by atoms with E-state index in [1.165, 1.54) is 5.56 Å². The van der Waals surface area contributed by atoms with Crippen molar-refractivity contribution in [3.63, 3.8) is 0 Å². The summed E-state index contributed by atoms with van der Waals surface area (Å²) in [6.45, 7) is 6.31. The molecule has 162 valence electrons. The molecular weight excluding hydrogens is 402 g/mol. The molecule has 0 amide bonds. The Bertz CT molecular complexity index is 1350. The summed E-state index contributed by atoms with van der Waals surface area (Å²) in [4.78, 5) is 17.1. The first kappa shape index (κ1) is 20.5. The van der Waals surface area contributed by atoms with Gasteiger partial charge in [0.15, 0.2) is 6.10 Å². The van der Waals surface area contributed by atoms with Crippen molar-refractivity contribution in [1.29, 1.82) is 0 Å². The van der Waals surface area contributed by atoms with Crippen LogP contribution in [-0.4, -0.2) is 28.8 Å². The average Bonchev–Trinajstić information content (AvgIpc) is 2.77. The molecule has 1 aliphatic heterocycles. The van der Waals surface area contributed by atoms with E-state index < -0.39 is 12.1 Å². The van der Waals surface area contributed by atoms with Crippen molar-refractivity contribution in [3.05, 3.63) is 71.4 Å². The lowest BCUT2D eigenvalue weighted by Gasteiger charge is -2.25. The van der Waals surface area contributed by atoms with Crippen LogP contribution in [0.3, 0.4) is 0 Å². The highest BCUT2D eigenvalue weighted by Crippen LogP contribution is 2.44. The number of pyridine rings is 1. The lowest BCUT2D eigenvalue weighted by molar-refractivity contribution is -0.153. The molecule has 0 aliphatic carbocycles. The lowest BCUT2D eigenvalue weighted by atomic mass is 9.85. The Morgan fingerprint density at radius 2 is 1.97 bits per heavy atom. The Hall–Kier alpha value is -3.44. The molecule has 3 aromatic carbocycles. The normalized spacial score (nSPS) is 14.0. The van der Waals surface area contributed by atoms with Gasteiger partial charge < -0.3 is 14.6 Å². The van der Waals surface area contributed by atoms with Crippen LogP contribution in [0.4, 0.5) is 0 Å². The number of hydrogen-bond acceptors (Lipinski definition) is 4. The van der Waals surface area contributed by atoms with Gasteiger partial charge in [-0.3, -0.25) is 4.98 Å². The molecule has 5 rings (SSSR count). The maximum atomic E-state index is 12.4. The number of aliphatic carboxylic acids is 1. The van der Waals surface area contributed by atoms with Crippen molar-refractivity contribution in [2.45, 2.75) is 39.4 Å². The minimum Gasteiger partial charge on any atom is -0.493 e. The number of aryl methyl sites for hydroxylation is 1. The number of carboxylic acids is 1. The second-order valence-corrected chi connectivity index (χ2v) is 8.51. The third-order valence-electron chi connectivity index (χ3n) is 6.03. The van der Waals surface area contributed by atoms with Gasteiger partial charge in [-0.2, -0.15) is 0 Å². The second kappa shape index (κ2) is 7.92. The van der Waals surface area contributed by atoms with Gasteiger partial charge in [-0.05, 0) is 66.4 Å². The van der Waals surface area contributed by atoms with Crippen molar-refractivity contribution < 1.29 is 19.4 Å². The summed E-state index contributed by atoms with van der Waals surface area (Å²) in [7, 11) is 0. The van der Waals surface area contributed by atoms with Gasteiger partial charge in [0.05, 0.1) is 18.2 Å². The summed E-state index contributed by atoms with van der Waals surface area (Å²) in [6, 6.07) is 16.1. The molecule has 5 nitrogen and oxygen atoms in total. The molecule has 5 heteroatoms. The van der Waals surface area contributed by atoms with E-state index in [2.05, 4.69) is 6.07 Å². The summed E-state index contributed by atoms with van der Waals surface area (Å²) in [5.74, 6) is -0.179. The molecule has 1 aliphatic rings.